The Morgan fingerprint density at radius 3 is 2.17 bits per heavy atom. The van der Waals surface area contributed by atoms with Gasteiger partial charge in [0.15, 0.2) is 0 Å². The van der Waals surface area contributed by atoms with Crippen molar-refractivity contribution in [1.82, 2.24) is 5.32 Å². The molecule has 0 aliphatic heterocycles. The van der Waals surface area contributed by atoms with E-state index in [0.717, 1.165) is 23.2 Å². The molecule has 3 rings (SSSR count). The molecule has 3 aromatic carbocycles. The van der Waals surface area contributed by atoms with Crippen molar-refractivity contribution in [2.45, 2.75) is 23.5 Å². The van der Waals surface area contributed by atoms with Crippen LogP contribution in [0, 0.1) is 0 Å². The zero-order valence-corrected chi connectivity index (χ0v) is 17.7. The molecule has 1 atom stereocenters. The van der Waals surface area contributed by atoms with Gasteiger partial charge in [-0.2, -0.15) is 0 Å². The van der Waals surface area contributed by atoms with E-state index in [2.05, 4.69) is 5.32 Å². The second-order valence-electron chi connectivity index (χ2n) is 6.98. The maximum atomic E-state index is 13.0. The van der Waals surface area contributed by atoms with Gasteiger partial charge in [0, 0.05) is 24.2 Å². The third kappa shape index (κ3) is 5.97. The Morgan fingerprint density at radius 1 is 0.933 bits per heavy atom. The van der Waals surface area contributed by atoms with Crippen molar-refractivity contribution in [2.24, 2.45) is 0 Å². The van der Waals surface area contributed by atoms with E-state index in [4.69, 9.17) is 4.74 Å². The Kier molecular flexibility index (Phi) is 7.69. The lowest BCUT2D eigenvalue weighted by atomic mass is 10.0. The Morgan fingerprint density at radius 2 is 1.57 bits per heavy atom. The second kappa shape index (κ2) is 10.6. The van der Waals surface area contributed by atoms with Gasteiger partial charge in [0.05, 0.1) is 12.0 Å². The van der Waals surface area contributed by atoms with Gasteiger partial charge in [0.25, 0.3) is 5.91 Å². The summed E-state index contributed by atoms with van der Waals surface area (Å²) in [7, 11) is 1.64. The van der Waals surface area contributed by atoms with Gasteiger partial charge in [-0.25, -0.2) is 0 Å². The van der Waals surface area contributed by atoms with Crippen LogP contribution in [0.5, 0.6) is 5.75 Å². The third-order valence-corrected chi connectivity index (χ3v) is 6.24. The summed E-state index contributed by atoms with van der Waals surface area (Å²) >= 11 is 1.57. The summed E-state index contributed by atoms with van der Waals surface area (Å²) in [5.41, 5.74) is 2.74. The normalized spacial score (nSPS) is 12.6. The number of aldehydes is 1. The minimum atomic E-state index is -0.754. The molecular weight excluding hydrogens is 394 g/mol. The summed E-state index contributed by atoms with van der Waals surface area (Å²) in [6.45, 7) is 0. The summed E-state index contributed by atoms with van der Waals surface area (Å²) in [5, 5.41) is 3.16. The molecule has 5 heteroatoms. The predicted octanol–water partition coefficient (Wildman–Crippen LogP) is 4.89. The van der Waals surface area contributed by atoms with E-state index in [9.17, 15) is 9.59 Å². The summed E-state index contributed by atoms with van der Waals surface area (Å²) in [6.07, 6.45) is 1.64. The van der Waals surface area contributed by atoms with Crippen LogP contribution in [0.25, 0.3) is 0 Å². The van der Waals surface area contributed by atoms with Crippen LogP contribution in [-0.2, 0) is 17.0 Å². The molecule has 1 N–H and O–H groups in total. The van der Waals surface area contributed by atoms with E-state index in [1.807, 2.05) is 72.8 Å². The van der Waals surface area contributed by atoms with Gasteiger partial charge in [0.1, 0.15) is 12.0 Å². The molecule has 30 heavy (non-hydrogen) atoms. The zero-order valence-electron chi connectivity index (χ0n) is 16.9. The fraction of sp³-hybridized carbons (Fsp3) is 0.200. The lowest BCUT2D eigenvalue weighted by Crippen LogP contribution is -2.48. The number of methoxy groups -OCH3 is 1. The topological polar surface area (TPSA) is 55.4 Å². The van der Waals surface area contributed by atoms with Crippen LogP contribution in [0.2, 0.25) is 0 Å². The number of benzene rings is 3. The summed E-state index contributed by atoms with van der Waals surface area (Å²) in [5.74, 6) is 1.26. The molecular formula is C25H25NO3S. The number of carbonyl (C=O) groups is 2. The number of thioether (sulfide) groups is 1. The van der Waals surface area contributed by atoms with Gasteiger partial charge >= 0.3 is 0 Å². The van der Waals surface area contributed by atoms with Crippen molar-refractivity contribution < 1.29 is 14.3 Å². The highest BCUT2D eigenvalue weighted by atomic mass is 32.2. The number of ether oxygens (including phenoxy) is 1. The smallest absolute Gasteiger partial charge is 0.252 e. The molecule has 0 aliphatic carbocycles. The monoisotopic (exact) mass is 419 g/mol. The molecule has 0 aromatic heterocycles. The molecule has 0 saturated carbocycles. The quantitative estimate of drug-likeness (QED) is 0.376. The van der Waals surface area contributed by atoms with Crippen molar-refractivity contribution in [3.05, 3.63) is 102 Å². The average Bonchev–Trinajstić information content (AvgIpc) is 2.79. The number of amides is 1. The molecule has 1 amide bonds. The molecule has 0 fully saturated rings. The molecule has 0 unspecified atom stereocenters. The molecule has 0 heterocycles. The van der Waals surface area contributed by atoms with Crippen molar-refractivity contribution in [2.75, 3.05) is 7.11 Å². The lowest BCUT2D eigenvalue weighted by Gasteiger charge is -2.33. The molecule has 154 valence electrons. The van der Waals surface area contributed by atoms with Crippen molar-refractivity contribution >= 4 is 24.0 Å². The first-order chi connectivity index (χ1) is 14.6. The van der Waals surface area contributed by atoms with Crippen molar-refractivity contribution in [1.29, 1.82) is 0 Å². The maximum Gasteiger partial charge on any atom is 0.252 e. The highest BCUT2D eigenvalue weighted by Gasteiger charge is 2.33. The number of hydrogen-bond acceptors (Lipinski definition) is 4. The van der Waals surface area contributed by atoms with Crippen molar-refractivity contribution in [3.8, 4) is 5.75 Å². The van der Waals surface area contributed by atoms with E-state index >= 15 is 0 Å². The first kappa shape index (κ1) is 21.7. The Bertz CT molecular complexity index is 945. The molecule has 3 aromatic rings. The predicted molar refractivity (Wildman–Crippen MR) is 122 cm³/mol. The zero-order chi connectivity index (χ0) is 21.2. The highest BCUT2D eigenvalue weighted by Crippen LogP contribution is 2.33. The minimum Gasteiger partial charge on any atom is -0.497 e. The van der Waals surface area contributed by atoms with Crippen LogP contribution in [0.3, 0.4) is 0 Å². The van der Waals surface area contributed by atoms with Crippen LogP contribution < -0.4 is 10.1 Å². The maximum absolute atomic E-state index is 13.0. The van der Waals surface area contributed by atoms with E-state index in [1.165, 1.54) is 0 Å². The van der Waals surface area contributed by atoms with Crippen LogP contribution >= 0.6 is 11.8 Å². The van der Waals surface area contributed by atoms with E-state index in [1.54, 1.807) is 31.0 Å². The Balaban J connectivity index is 1.85. The van der Waals surface area contributed by atoms with E-state index in [0.29, 0.717) is 17.7 Å². The van der Waals surface area contributed by atoms with Crippen LogP contribution in [0.4, 0.5) is 0 Å². The molecule has 0 aliphatic rings. The van der Waals surface area contributed by atoms with E-state index < -0.39 is 4.87 Å². The summed E-state index contributed by atoms with van der Waals surface area (Å²) in [6, 6.07) is 26.8. The van der Waals surface area contributed by atoms with Crippen molar-refractivity contribution in [3.63, 3.8) is 0 Å². The molecule has 4 nitrogen and oxygen atoms in total. The SMILES string of the molecule is COc1ccc(CS[C@](CC=O)(Cc2ccccc2)NC(=O)c2ccccc2)cc1. The molecule has 0 spiro atoms. The third-order valence-electron chi connectivity index (χ3n) is 4.80. The van der Waals surface area contributed by atoms with Crippen LogP contribution in [0.15, 0.2) is 84.9 Å². The molecule has 0 bridgehead atoms. The van der Waals surface area contributed by atoms with Crippen LogP contribution in [0.1, 0.15) is 27.9 Å². The first-order valence-corrected chi connectivity index (χ1v) is 10.7. The Hall–Kier alpha value is -3.05. The van der Waals surface area contributed by atoms with Crippen LogP contribution in [-0.4, -0.2) is 24.2 Å². The number of rotatable bonds is 10. The lowest BCUT2D eigenvalue weighted by molar-refractivity contribution is -0.108. The van der Waals surface area contributed by atoms with Gasteiger partial charge in [-0.1, -0.05) is 60.7 Å². The summed E-state index contributed by atoms with van der Waals surface area (Å²) < 4.78 is 5.22. The standard InChI is InChI=1S/C25H25NO3S/c1-29-23-14-12-21(13-15-23)19-30-25(16-17-27,18-20-8-4-2-5-9-20)26-24(28)22-10-6-3-7-11-22/h2-15,17H,16,18-19H2,1H3,(H,26,28)/t25-/m1/s1. The highest BCUT2D eigenvalue weighted by molar-refractivity contribution is 7.99. The summed E-state index contributed by atoms with van der Waals surface area (Å²) in [4.78, 5) is 23.9. The number of nitrogens with one attached hydrogen (secondary N) is 1. The van der Waals surface area contributed by atoms with Gasteiger partial charge in [-0.15, -0.1) is 11.8 Å². The number of hydrogen-bond donors (Lipinski definition) is 1. The second-order valence-corrected chi connectivity index (χ2v) is 8.34. The molecule has 0 saturated heterocycles. The fourth-order valence-electron chi connectivity index (χ4n) is 3.19. The Labute approximate surface area is 181 Å². The number of carbonyl (C=O) groups excluding carboxylic acids is 2. The van der Waals surface area contributed by atoms with Gasteiger partial charge in [-0.05, 0) is 35.4 Å². The van der Waals surface area contributed by atoms with E-state index in [-0.39, 0.29) is 12.3 Å². The largest absolute Gasteiger partial charge is 0.497 e. The minimum absolute atomic E-state index is 0.185. The van der Waals surface area contributed by atoms with Gasteiger partial charge in [0.2, 0.25) is 0 Å². The average molecular weight is 420 g/mol. The van der Waals surface area contributed by atoms with Gasteiger partial charge < -0.3 is 14.8 Å². The first-order valence-electron chi connectivity index (χ1n) is 9.76. The van der Waals surface area contributed by atoms with Gasteiger partial charge in [-0.3, -0.25) is 4.79 Å². The fourth-order valence-corrected chi connectivity index (χ4v) is 4.44. The molecule has 0 radical (unpaired) electrons.